The number of hydrogen-bond acceptors (Lipinski definition) is 4. The van der Waals surface area contributed by atoms with Gasteiger partial charge in [0.15, 0.2) is 12.4 Å². The smallest absolute Gasteiger partial charge is 0.173 e. The van der Waals surface area contributed by atoms with E-state index in [-0.39, 0.29) is 0 Å². The molecular weight excluding hydrogens is 184 g/mol. The second-order valence-electron chi connectivity index (χ2n) is 2.27. The standard InChI is InChI=1S/C6H13S.2CH2N2/c1-2-7-5-3-4-6-7;2*2-1-3/h2-6H2,1H3;2*2H2/q+1;;. The van der Waals surface area contributed by atoms with Gasteiger partial charge in [0, 0.05) is 0 Å². The molecule has 0 aromatic carbocycles. The van der Waals surface area contributed by atoms with Crippen LogP contribution in [-0.2, 0) is 10.9 Å². The molecule has 0 radical (unpaired) electrons. The lowest BCUT2D eigenvalue weighted by Gasteiger charge is -1.90. The summed E-state index contributed by atoms with van der Waals surface area (Å²) < 4.78 is 0. The molecule has 1 aliphatic rings. The highest BCUT2D eigenvalue weighted by Crippen LogP contribution is 2.11. The quantitative estimate of drug-likeness (QED) is 0.361. The number of hydrogen-bond donors (Lipinski definition) is 2. The van der Waals surface area contributed by atoms with Crippen molar-refractivity contribution in [3.63, 3.8) is 0 Å². The summed E-state index contributed by atoms with van der Waals surface area (Å²) >= 11 is 0. The number of nitriles is 2. The van der Waals surface area contributed by atoms with E-state index in [1.807, 2.05) is 0 Å². The van der Waals surface area contributed by atoms with Crippen molar-refractivity contribution in [1.82, 2.24) is 0 Å². The summed E-state index contributed by atoms with van der Waals surface area (Å²) in [5.41, 5.74) is 8.31. The first-order valence-electron chi connectivity index (χ1n) is 4.10. The summed E-state index contributed by atoms with van der Waals surface area (Å²) in [7, 11) is 0.866. The molecule has 0 atom stereocenters. The van der Waals surface area contributed by atoms with Gasteiger partial charge in [-0.1, -0.05) is 0 Å². The molecule has 5 heteroatoms. The Hall–Kier alpha value is -1.07. The average molecular weight is 201 g/mol. The maximum absolute atomic E-state index is 7.10. The van der Waals surface area contributed by atoms with Crippen LogP contribution < -0.4 is 11.5 Å². The first kappa shape index (κ1) is 14.5. The van der Waals surface area contributed by atoms with Gasteiger partial charge < -0.3 is 11.5 Å². The van der Waals surface area contributed by atoms with Gasteiger partial charge >= 0.3 is 0 Å². The Morgan fingerprint density at radius 1 is 1.15 bits per heavy atom. The zero-order chi connectivity index (χ0) is 10.5. The summed E-state index contributed by atoms with van der Waals surface area (Å²) in [5, 5.41) is 14.2. The van der Waals surface area contributed by atoms with Crippen LogP contribution in [0.25, 0.3) is 0 Å². The van der Waals surface area contributed by atoms with E-state index in [1.165, 1.54) is 42.5 Å². The maximum Gasteiger partial charge on any atom is 0.173 e. The molecule has 1 rings (SSSR count). The molecule has 0 spiro atoms. The summed E-state index contributed by atoms with van der Waals surface area (Å²) in [6, 6.07) is 0. The van der Waals surface area contributed by atoms with Crippen molar-refractivity contribution in [3.05, 3.63) is 0 Å². The topological polar surface area (TPSA) is 99.6 Å². The third-order valence-electron chi connectivity index (χ3n) is 1.52. The molecule has 1 heterocycles. The van der Waals surface area contributed by atoms with E-state index in [1.54, 1.807) is 0 Å². The van der Waals surface area contributed by atoms with E-state index in [2.05, 4.69) is 18.4 Å². The molecule has 0 aromatic heterocycles. The predicted molar refractivity (Wildman–Crippen MR) is 56.5 cm³/mol. The van der Waals surface area contributed by atoms with Crippen LogP contribution in [0.3, 0.4) is 0 Å². The predicted octanol–water partition coefficient (Wildman–Crippen LogP) is 0.271. The van der Waals surface area contributed by atoms with Gasteiger partial charge in [-0.15, -0.1) is 0 Å². The highest BCUT2D eigenvalue weighted by atomic mass is 32.2. The van der Waals surface area contributed by atoms with Crippen LogP contribution in [0.2, 0.25) is 0 Å². The fraction of sp³-hybridized carbons (Fsp3) is 0.750. The lowest BCUT2D eigenvalue weighted by molar-refractivity contribution is 0.949. The van der Waals surface area contributed by atoms with E-state index in [0.717, 1.165) is 10.9 Å². The average Bonchev–Trinajstić information content (AvgIpc) is 2.58. The molecule has 0 amide bonds. The van der Waals surface area contributed by atoms with Crippen molar-refractivity contribution in [1.29, 1.82) is 10.5 Å². The molecule has 0 saturated carbocycles. The number of nitrogens with zero attached hydrogens (tertiary/aromatic N) is 2. The molecule has 74 valence electrons. The second-order valence-corrected chi connectivity index (χ2v) is 4.89. The highest BCUT2D eigenvalue weighted by Gasteiger charge is 2.20. The third-order valence-corrected chi connectivity index (χ3v) is 4.07. The van der Waals surface area contributed by atoms with Gasteiger partial charge in [0.1, 0.15) is 17.3 Å². The maximum atomic E-state index is 7.10. The van der Waals surface area contributed by atoms with E-state index >= 15 is 0 Å². The van der Waals surface area contributed by atoms with Gasteiger partial charge in [0.25, 0.3) is 0 Å². The lowest BCUT2D eigenvalue weighted by Crippen LogP contribution is -2.04. The molecular formula is C8H17N4S+. The van der Waals surface area contributed by atoms with Crippen LogP contribution in [0.15, 0.2) is 0 Å². The van der Waals surface area contributed by atoms with Gasteiger partial charge in [0.2, 0.25) is 0 Å². The van der Waals surface area contributed by atoms with Gasteiger partial charge in [-0.25, -0.2) is 0 Å². The molecule has 0 bridgehead atoms. The van der Waals surface area contributed by atoms with Crippen molar-refractivity contribution in [2.45, 2.75) is 19.8 Å². The van der Waals surface area contributed by atoms with Crippen LogP contribution in [0, 0.1) is 22.9 Å². The van der Waals surface area contributed by atoms with Crippen LogP contribution in [0.4, 0.5) is 0 Å². The Kier molecular flexibility index (Phi) is 15.0. The molecule has 0 unspecified atom stereocenters. The monoisotopic (exact) mass is 201 g/mol. The Balaban J connectivity index is 0. The van der Waals surface area contributed by atoms with E-state index < -0.39 is 0 Å². The summed E-state index contributed by atoms with van der Waals surface area (Å²) in [6.07, 6.45) is 5.52. The molecule has 0 aliphatic carbocycles. The normalized spacial score (nSPS) is 13.8. The van der Waals surface area contributed by atoms with Crippen molar-refractivity contribution in [3.8, 4) is 12.4 Å². The minimum atomic E-state index is 0.866. The Morgan fingerprint density at radius 2 is 1.46 bits per heavy atom. The minimum absolute atomic E-state index is 0.866. The van der Waals surface area contributed by atoms with Crippen LogP contribution in [-0.4, -0.2) is 17.3 Å². The van der Waals surface area contributed by atoms with Gasteiger partial charge in [-0.05, 0) is 30.7 Å². The SMILES string of the molecule is CC[S+]1CCCC1.N#CN.N#CN. The number of nitrogens with two attached hydrogens (primary N) is 2. The Labute approximate surface area is 82.9 Å². The fourth-order valence-corrected chi connectivity index (χ4v) is 3.01. The zero-order valence-electron chi connectivity index (χ0n) is 7.99. The second kappa shape index (κ2) is 13.5. The van der Waals surface area contributed by atoms with Crippen molar-refractivity contribution in [2.75, 3.05) is 17.3 Å². The lowest BCUT2D eigenvalue weighted by atomic mass is 10.4. The van der Waals surface area contributed by atoms with Crippen molar-refractivity contribution < 1.29 is 0 Å². The van der Waals surface area contributed by atoms with E-state index in [9.17, 15) is 0 Å². The van der Waals surface area contributed by atoms with E-state index in [4.69, 9.17) is 10.5 Å². The number of rotatable bonds is 1. The van der Waals surface area contributed by atoms with Crippen LogP contribution in [0.5, 0.6) is 0 Å². The largest absolute Gasteiger partial charge is 0.337 e. The molecule has 1 saturated heterocycles. The Morgan fingerprint density at radius 3 is 1.62 bits per heavy atom. The van der Waals surface area contributed by atoms with E-state index in [0.29, 0.717) is 0 Å². The molecule has 4 nitrogen and oxygen atoms in total. The molecule has 4 N–H and O–H groups in total. The van der Waals surface area contributed by atoms with Crippen molar-refractivity contribution >= 4 is 10.9 Å². The molecule has 13 heavy (non-hydrogen) atoms. The Bertz CT molecular complexity index is 152. The first-order valence-corrected chi connectivity index (χ1v) is 5.83. The van der Waals surface area contributed by atoms with Gasteiger partial charge in [-0.3, -0.25) is 0 Å². The molecule has 0 aromatic rings. The minimum Gasteiger partial charge on any atom is -0.337 e. The first-order chi connectivity index (χ1) is 6.26. The molecule has 1 fully saturated rings. The van der Waals surface area contributed by atoms with Crippen LogP contribution >= 0.6 is 0 Å². The fourth-order valence-electron chi connectivity index (χ4n) is 1.00. The van der Waals surface area contributed by atoms with Crippen molar-refractivity contribution in [2.24, 2.45) is 11.5 Å². The van der Waals surface area contributed by atoms with Gasteiger partial charge in [-0.2, -0.15) is 10.5 Å². The zero-order valence-corrected chi connectivity index (χ0v) is 8.81. The molecule has 1 aliphatic heterocycles. The summed E-state index contributed by atoms with van der Waals surface area (Å²) in [5.74, 6) is 4.52. The van der Waals surface area contributed by atoms with Gasteiger partial charge in [0.05, 0.1) is 0 Å². The highest BCUT2D eigenvalue weighted by molar-refractivity contribution is 7.97. The summed E-state index contributed by atoms with van der Waals surface area (Å²) in [6.45, 7) is 2.31. The third kappa shape index (κ3) is 13.9. The van der Waals surface area contributed by atoms with Crippen LogP contribution in [0.1, 0.15) is 19.8 Å². The summed E-state index contributed by atoms with van der Waals surface area (Å²) in [4.78, 5) is 0.